The number of hydrogen-bond donors (Lipinski definition) is 1. The first-order valence-corrected chi connectivity index (χ1v) is 7.18. The molecule has 0 bridgehead atoms. The van der Waals surface area contributed by atoms with Crippen molar-refractivity contribution in [1.29, 1.82) is 0 Å². The number of allylic oxidation sites excluding steroid dienone is 2. The lowest BCUT2D eigenvalue weighted by Gasteiger charge is -2.19. The molecular weight excluding hydrogens is 330 g/mol. The molecule has 0 aromatic heterocycles. The Morgan fingerprint density at radius 2 is 2.12 bits per heavy atom. The van der Waals surface area contributed by atoms with Gasteiger partial charge in [-0.15, -0.1) is 0 Å². The van der Waals surface area contributed by atoms with Crippen LogP contribution in [0.25, 0.3) is 0 Å². The molecule has 1 aliphatic carbocycles. The lowest BCUT2D eigenvalue weighted by atomic mass is 9.94. The van der Waals surface area contributed by atoms with Crippen molar-refractivity contribution in [3.63, 3.8) is 0 Å². The average molecular weight is 345 g/mol. The Hall–Kier alpha value is -0.280. The Bertz CT molecular complexity index is 388. The second-order valence-electron chi connectivity index (χ2n) is 4.16. The third-order valence-corrected chi connectivity index (χ3v) is 4.04. The molecule has 0 radical (unpaired) electrons. The summed E-state index contributed by atoms with van der Waals surface area (Å²) in [5.41, 5.74) is 1.18. The summed E-state index contributed by atoms with van der Waals surface area (Å²) in [5.74, 6) is 0.778. The first-order chi connectivity index (χ1) is 7.75. The van der Waals surface area contributed by atoms with Crippen molar-refractivity contribution in [1.82, 2.24) is 0 Å². The van der Waals surface area contributed by atoms with Crippen LogP contribution in [0.1, 0.15) is 19.3 Å². The highest BCUT2D eigenvalue weighted by Crippen LogP contribution is 2.27. The minimum atomic E-state index is 0.778. The topological polar surface area (TPSA) is 12.0 Å². The minimum Gasteiger partial charge on any atom is -0.384 e. The smallest absolute Gasteiger partial charge is 0.0485 e. The monoisotopic (exact) mass is 343 g/mol. The van der Waals surface area contributed by atoms with Gasteiger partial charge in [0.15, 0.2) is 0 Å². The quantitative estimate of drug-likeness (QED) is 0.762. The van der Waals surface area contributed by atoms with Crippen molar-refractivity contribution in [2.45, 2.75) is 19.3 Å². The molecule has 0 saturated carbocycles. The van der Waals surface area contributed by atoms with Crippen molar-refractivity contribution in [2.75, 3.05) is 11.9 Å². The van der Waals surface area contributed by atoms with Crippen LogP contribution in [-0.2, 0) is 0 Å². The van der Waals surface area contributed by atoms with Gasteiger partial charge < -0.3 is 5.32 Å². The van der Waals surface area contributed by atoms with E-state index in [9.17, 15) is 0 Å². The predicted octanol–water partition coefficient (Wildman–Crippen LogP) is 4.98. The molecule has 0 heterocycles. The fourth-order valence-electron chi connectivity index (χ4n) is 1.93. The Morgan fingerprint density at radius 1 is 1.25 bits per heavy atom. The van der Waals surface area contributed by atoms with E-state index < -0.39 is 0 Å². The highest BCUT2D eigenvalue weighted by atomic mass is 79.9. The molecule has 1 nitrogen and oxygen atoms in total. The van der Waals surface area contributed by atoms with Crippen molar-refractivity contribution < 1.29 is 0 Å². The van der Waals surface area contributed by atoms with Gasteiger partial charge in [-0.3, -0.25) is 0 Å². The molecule has 1 N–H and O–H groups in total. The van der Waals surface area contributed by atoms with Gasteiger partial charge in [0.05, 0.1) is 0 Å². The van der Waals surface area contributed by atoms with E-state index in [-0.39, 0.29) is 0 Å². The molecule has 0 aliphatic heterocycles. The lowest BCUT2D eigenvalue weighted by molar-refractivity contribution is 0.504. The number of anilines is 1. The van der Waals surface area contributed by atoms with Crippen LogP contribution in [-0.4, -0.2) is 6.54 Å². The number of hydrogen-bond acceptors (Lipinski definition) is 1. The lowest BCUT2D eigenvalue weighted by Crippen LogP contribution is -2.15. The Morgan fingerprint density at radius 3 is 2.81 bits per heavy atom. The summed E-state index contributed by atoms with van der Waals surface area (Å²) in [6.45, 7) is 1.06. The van der Waals surface area contributed by atoms with Crippen LogP contribution in [0.2, 0.25) is 0 Å². The molecular formula is C13H15Br2N. The summed E-state index contributed by atoms with van der Waals surface area (Å²) in [7, 11) is 0. The van der Waals surface area contributed by atoms with E-state index in [2.05, 4.69) is 67.5 Å². The first kappa shape index (κ1) is 12.2. The zero-order chi connectivity index (χ0) is 11.4. The Kier molecular flexibility index (Phi) is 4.47. The summed E-state index contributed by atoms with van der Waals surface area (Å²) in [6.07, 6.45) is 8.32. The largest absolute Gasteiger partial charge is 0.384 e. The van der Waals surface area contributed by atoms with Crippen molar-refractivity contribution >= 4 is 37.5 Å². The number of benzene rings is 1. The van der Waals surface area contributed by atoms with Gasteiger partial charge in [-0.25, -0.2) is 0 Å². The first-order valence-electron chi connectivity index (χ1n) is 5.59. The third-order valence-electron chi connectivity index (χ3n) is 2.89. The average Bonchev–Trinajstić information content (AvgIpc) is 2.29. The maximum Gasteiger partial charge on any atom is 0.0485 e. The summed E-state index contributed by atoms with van der Waals surface area (Å²) in [4.78, 5) is 0. The van der Waals surface area contributed by atoms with Crippen molar-refractivity contribution in [2.24, 2.45) is 5.92 Å². The van der Waals surface area contributed by atoms with Gasteiger partial charge in [0.25, 0.3) is 0 Å². The Labute approximate surface area is 114 Å². The van der Waals surface area contributed by atoms with Crippen LogP contribution >= 0.6 is 31.9 Å². The molecule has 0 amide bonds. The van der Waals surface area contributed by atoms with E-state index in [0.717, 1.165) is 21.4 Å². The van der Waals surface area contributed by atoms with E-state index in [1.54, 1.807) is 0 Å². The molecule has 1 aliphatic rings. The van der Waals surface area contributed by atoms with Crippen LogP contribution in [0.3, 0.4) is 0 Å². The molecule has 0 spiro atoms. The van der Waals surface area contributed by atoms with Gasteiger partial charge in [-0.2, -0.15) is 0 Å². The molecule has 1 atom stereocenters. The summed E-state index contributed by atoms with van der Waals surface area (Å²) < 4.78 is 2.22. The molecule has 86 valence electrons. The highest BCUT2D eigenvalue weighted by molar-refractivity contribution is 9.11. The standard InChI is InChI=1S/C13H15Br2N/c14-11-6-7-13(12(15)8-11)16-9-10-4-2-1-3-5-10/h1-2,6-8,10,16H,3-5,9H2. The maximum absolute atomic E-state index is 3.57. The SMILES string of the molecule is Brc1ccc(NCC2CC=CCC2)c(Br)c1. The maximum atomic E-state index is 3.57. The molecule has 0 fully saturated rings. The van der Waals surface area contributed by atoms with Gasteiger partial charge in [0, 0.05) is 21.2 Å². The molecule has 0 saturated heterocycles. The summed E-state index contributed by atoms with van der Waals surface area (Å²) in [5, 5.41) is 3.51. The van der Waals surface area contributed by atoms with Crippen LogP contribution < -0.4 is 5.32 Å². The normalized spacial score (nSPS) is 19.8. The van der Waals surface area contributed by atoms with Gasteiger partial charge in [-0.1, -0.05) is 28.1 Å². The molecule has 16 heavy (non-hydrogen) atoms. The molecule has 1 aromatic rings. The van der Waals surface area contributed by atoms with E-state index in [1.807, 2.05) is 0 Å². The predicted molar refractivity (Wildman–Crippen MR) is 76.8 cm³/mol. The molecule has 1 unspecified atom stereocenters. The van der Waals surface area contributed by atoms with E-state index >= 15 is 0 Å². The minimum absolute atomic E-state index is 0.778. The molecule has 2 rings (SSSR count). The van der Waals surface area contributed by atoms with Crippen LogP contribution in [0.4, 0.5) is 5.69 Å². The van der Waals surface area contributed by atoms with Gasteiger partial charge in [0.2, 0.25) is 0 Å². The van der Waals surface area contributed by atoms with E-state index in [1.165, 1.54) is 24.9 Å². The van der Waals surface area contributed by atoms with Crippen LogP contribution in [0, 0.1) is 5.92 Å². The van der Waals surface area contributed by atoms with Crippen molar-refractivity contribution in [3.05, 3.63) is 39.3 Å². The number of nitrogens with one attached hydrogen (secondary N) is 1. The number of rotatable bonds is 3. The fourth-order valence-corrected chi connectivity index (χ4v) is 3.12. The van der Waals surface area contributed by atoms with Gasteiger partial charge in [0.1, 0.15) is 0 Å². The zero-order valence-corrected chi connectivity index (χ0v) is 12.2. The van der Waals surface area contributed by atoms with E-state index in [4.69, 9.17) is 0 Å². The second-order valence-corrected chi connectivity index (χ2v) is 5.93. The summed E-state index contributed by atoms with van der Waals surface area (Å²) in [6, 6.07) is 6.24. The second kappa shape index (κ2) is 5.87. The highest BCUT2D eigenvalue weighted by Gasteiger charge is 2.10. The molecule has 3 heteroatoms. The van der Waals surface area contributed by atoms with Gasteiger partial charge in [-0.05, 0) is 59.3 Å². The fraction of sp³-hybridized carbons (Fsp3) is 0.385. The van der Waals surface area contributed by atoms with Crippen molar-refractivity contribution in [3.8, 4) is 0 Å². The zero-order valence-electron chi connectivity index (χ0n) is 9.05. The van der Waals surface area contributed by atoms with Crippen LogP contribution in [0.5, 0.6) is 0 Å². The molecule has 1 aromatic carbocycles. The van der Waals surface area contributed by atoms with Gasteiger partial charge >= 0.3 is 0 Å². The number of halogens is 2. The van der Waals surface area contributed by atoms with E-state index in [0.29, 0.717) is 0 Å². The Balaban J connectivity index is 1.91. The van der Waals surface area contributed by atoms with Crippen LogP contribution in [0.15, 0.2) is 39.3 Å². The summed E-state index contributed by atoms with van der Waals surface area (Å²) >= 11 is 7.02. The third kappa shape index (κ3) is 3.36.